The van der Waals surface area contributed by atoms with Gasteiger partial charge in [-0.15, -0.1) is 0 Å². The molecule has 3 rings (SSSR count). The molecular formula is C16H27N5O. The summed E-state index contributed by atoms with van der Waals surface area (Å²) >= 11 is 0. The maximum Gasteiger partial charge on any atom is 0.315 e. The summed E-state index contributed by atoms with van der Waals surface area (Å²) in [5.74, 6) is 1.52. The van der Waals surface area contributed by atoms with Crippen LogP contribution < -0.4 is 10.6 Å². The van der Waals surface area contributed by atoms with Crippen LogP contribution in [0.3, 0.4) is 0 Å². The van der Waals surface area contributed by atoms with E-state index < -0.39 is 0 Å². The molecule has 0 spiro atoms. The molecular weight excluding hydrogens is 278 g/mol. The molecule has 1 atom stereocenters. The molecule has 0 radical (unpaired) electrons. The van der Waals surface area contributed by atoms with Crippen LogP contribution in [0.15, 0.2) is 6.20 Å². The fraction of sp³-hybridized carbons (Fsp3) is 0.750. The highest BCUT2D eigenvalue weighted by molar-refractivity contribution is 5.74. The summed E-state index contributed by atoms with van der Waals surface area (Å²) in [6.07, 6.45) is 7.82. The molecule has 1 saturated carbocycles. The van der Waals surface area contributed by atoms with E-state index in [2.05, 4.69) is 25.5 Å². The Labute approximate surface area is 132 Å². The van der Waals surface area contributed by atoms with E-state index in [9.17, 15) is 4.79 Å². The summed E-state index contributed by atoms with van der Waals surface area (Å²) in [5, 5.41) is 6.12. The quantitative estimate of drug-likeness (QED) is 0.776. The monoisotopic (exact) mass is 305 g/mol. The Balaban J connectivity index is 1.35. The van der Waals surface area contributed by atoms with E-state index in [-0.39, 0.29) is 6.03 Å². The number of aryl methyl sites for hydroxylation is 1. The number of aromatic amines is 1. The summed E-state index contributed by atoms with van der Waals surface area (Å²) in [6, 6.07) is 0.401. The minimum Gasteiger partial charge on any atom is -0.345 e. The zero-order valence-corrected chi connectivity index (χ0v) is 13.4. The number of hydrogen-bond acceptors (Lipinski definition) is 3. The van der Waals surface area contributed by atoms with E-state index in [1.54, 1.807) is 0 Å². The molecule has 3 N–H and O–H groups in total. The first kappa shape index (κ1) is 15.3. The van der Waals surface area contributed by atoms with Crippen LogP contribution in [0.5, 0.6) is 0 Å². The van der Waals surface area contributed by atoms with Crippen LogP contribution in [-0.4, -0.2) is 46.6 Å². The molecule has 2 fully saturated rings. The number of aromatic nitrogens is 2. The van der Waals surface area contributed by atoms with Gasteiger partial charge in [0.2, 0.25) is 0 Å². The maximum atomic E-state index is 11.9. The van der Waals surface area contributed by atoms with Gasteiger partial charge in [0.05, 0.1) is 0 Å². The topological polar surface area (TPSA) is 73.1 Å². The molecule has 1 aromatic heterocycles. The second-order valence-electron chi connectivity index (χ2n) is 6.72. The largest absolute Gasteiger partial charge is 0.345 e. The lowest BCUT2D eigenvalue weighted by Gasteiger charge is -2.17. The normalized spacial score (nSPS) is 23.0. The lowest BCUT2D eigenvalue weighted by Crippen LogP contribution is -2.42. The van der Waals surface area contributed by atoms with Gasteiger partial charge >= 0.3 is 6.03 Å². The van der Waals surface area contributed by atoms with Crippen molar-refractivity contribution >= 4 is 6.03 Å². The van der Waals surface area contributed by atoms with Gasteiger partial charge in [-0.3, -0.25) is 4.90 Å². The van der Waals surface area contributed by atoms with Crippen molar-refractivity contribution in [2.24, 2.45) is 5.92 Å². The molecule has 0 unspecified atom stereocenters. The summed E-state index contributed by atoms with van der Waals surface area (Å²) in [7, 11) is 0. The molecule has 1 aromatic rings. The van der Waals surface area contributed by atoms with Crippen LogP contribution in [0.1, 0.15) is 43.6 Å². The predicted octanol–water partition coefficient (Wildman–Crippen LogP) is 1.78. The van der Waals surface area contributed by atoms with E-state index >= 15 is 0 Å². The molecule has 1 aliphatic carbocycles. The molecule has 2 aliphatic rings. The van der Waals surface area contributed by atoms with Gasteiger partial charge in [-0.25, -0.2) is 9.78 Å². The minimum atomic E-state index is 0.00884. The molecule has 6 heteroatoms. The van der Waals surface area contributed by atoms with Gasteiger partial charge in [-0.2, -0.15) is 0 Å². The molecule has 22 heavy (non-hydrogen) atoms. The number of hydrogen-bond donors (Lipinski definition) is 3. The van der Waals surface area contributed by atoms with E-state index in [4.69, 9.17) is 0 Å². The van der Waals surface area contributed by atoms with Gasteiger partial charge in [0, 0.05) is 37.6 Å². The van der Waals surface area contributed by atoms with Crippen LogP contribution >= 0.6 is 0 Å². The van der Waals surface area contributed by atoms with Gasteiger partial charge in [-0.05, 0) is 38.6 Å². The number of rotatable bonds is 5. The summed E-state index contributed by atoms with van der Waals surface area (Å²) in [5.41, 5.74) is 1.17. The third-order valence-electron chi connectivity index (χ3n) is 4.76. The van der Waals surface area contributed by atoms with Crippen molar-refractivity contribution in [3.63, 3.8) is 0 Å². The summed E-state index contributed by atoms with van der Waals surface area (Å²) in [4.78, 5) is 21.8. The van der Waals surface area contributed by atoms with Gasteiger partial charge in [-0.1, -0.05) is 12.8 Å². The number of carbonyl (C=O) groups excluding carboxylic acids is 1. The molecule has 0 aromatic carbocycles. The number of nitrogens with zero attached hydrogens (tertiary/aromatic N) is 2. The van der Waals surface area contributed by atoms with Gasteiger partial charge in [0.1, 0.15) is 5.82 Å². The van der Waals surface area contributed by atoms with E-state index in [0.717, 1.165) is 51.3 Å². The number of amides is 2. The Morgan fingerprint density at radius 3 is 2.95 bits per heavy atom. The highest BCUT2D eigenvalue weighted by Crippen LogP contribution is 2.18. The Morgan fingerprint density at radius 2 is 2.23 bits per heavy atom. The van der Waals surface area contributed by atoms with Crippen molar-refractivity contribution in [2.75, 3.05) is 19.6 Å². The molecule has 6 nitrogen and oxygen atoms in total. The zero-order valence-electron chi connectivity index (χ0n) is 13.4. The first-order chi connectivity index (χ1) is 10.7. The van der Waals surface area contributed by atoms with Crippen LogP contribution in [0, 0.1) is 12.8 Å². The molecule has 1 aliphatic heterocycles. The van der Waals surface area contributed by atoms with Gasteiger partial charge < -0.3 is 15.6 Å². The first-order valence-electron chi connectivity index (χ1n) is 8.46. The average Bonchev–Trinajstić information content (AvgIpc) is 3.21. The highest BCUT2D eigenvalue weighted by atomic mass is 16.2. The Morgan fingerprint density at radius 1 is 1.41 bits per heavy atom. The minimum absolute atomic E-state index is 0.00884. The number of imidazole rings is 1. The summed E-state index contributed by atoms with van der Waals surface area (Å²) in [6.45, 7) is 5.81. The van der Waals surface area contributed by atoms with Crippen LogP contribution in [0.4, 0.5) is 4.79 Å². The van der Waals surface area contributed by atoms with Crippen molar-refractivity contribution in [3.8, 4) is 0 Å². The fourth-order valence-electron chi connectivity index (χ4n) is 3.56. The second kappa shape index (κ2) is 7.13. The molecule has 122 valence electrons. The van der Waals surface area contributed by atoms with Gasteiger partial charge in [0.15, 0.2) is 0 Å². The van der Waals surface area contributed by atoms with E-state index in [1.807, 2.05) is 13.1 Å². The van der Waals surface area contributed by atoms with Crippen LogP contribution in [0.2, 0.25) is 0 Å². The molecule has 0 bridgehead atoms. The van der Waals surface area contributed by atoms with Crippen molar-refractivity contribution < 1.29 is 4.79 Å². The number of likely N-dealkylation sites (tertiary alicyclic amines) is 1. The smallest absolute Gasteiger partial charge is 0.315 e. The van der Waals surface area contributed by atoms with Crippen molar-refractivity contribution in [1.82, 2.24) is 25.5 Å². The molecule has 2 amide bonds. The Bertz CT molecular complexity index is 494. The van der Waals surface area contributed by atoms with Crippen molar-refractivity contribution in [3.05, 3.63) is 17.7 Å². The van der Waals surface area contributed by atoms with Crippen LogP contribution in [0.25, 0.3) is 0 Å². The molecule has 2 heterocycles. The first-order valence-corrected chi connectivity index (χ1v) is 8.46. The number of nitrogens with one attached hydrogen (secondary N) is 3. The van der Waals surface area contributed by atoms with Crippen molar-refractivity contribution in [1.29, 1.82) is 0 Å². The Hall–Kier alpha value is -1.56. The standard InChI is InChI=1S/C16H27N5O/c1-12-17-9-15(19-12)11-21-7-6-13(10-21)8-18-16(22)20-14-4-2-3-5-14/h9,13-14H,2-8,10-11H2,1H3,(H,17,19)(H2,18,20,22)/t13-/m1/s1. The zero-order chi connectivity index (χ0) is 15.4. The fourth-order valence-corrected chi connectivity index (χ4v) is 3.56. The lowest BCUT2D eigenvalue weighted by molar-refractivity contribution is 0.234. The molecule has 1 saturated heterocycles. The predicted molar refractivity (Wildman–Crippen MR) is 85.5 cm³/mol. The average molecular weight is 305 g/mol. The number of H-pyrrole nitrogens is 1. The highest BCUT2D eigenvalue weighted by Gasteiger charge is 2.24. The van der Waals surface area contributed by atoms with E-state index in [0.29, 0.717) is 12.0 Å². The van der Waals surface area contributed by atoms with E-state index in [1.165, 1.54) is 18.5 Å². The second-order valence-corrected chi connectivity index (χ2v) is 6.72. The summed E-state index contributed by atoms with van der Waals surface area (Å²) < 4.78 is 0. The number of carbonyl (C=O) groups is 1. The third kappa shape index (κ3) is 4.22. The van der Waals surface area contributed by atoms with Gasteiger partial charge in [0.25, 0.3) is 0 Å². The lowest BCUT2D eigenvalue weighted by atomic mass is 10.1. The number of urea groups is 1. The Kier molecular flexibility index (Phi) is 4.97. The van der Waals surface area contributed by atoms with Crippen molar-refractivity contribution in [2.45, 2.75) is 51.6 Å². The third-order valence-corrected chi connectivity index (χ3v) is 4.76. The SMILES string of the molecule is Cc1ncc(CN2CC[C@H](CNC(=O)NC3CCCC3)C2)[nH]1. The van der Waals surface area contributed by atoms with Crippen LogP contribution in [-0.2, 0) is 6.54 Å². The maximum absolute atomic E-state index is 11.9.